The fraction of sp³-hybridized carbons (Fsp3) is 0.381. The third-order valence-electron chi connectivity index (χ3n) is 4.65. The minimum absolute atomic E-state index is 0.288. The first-order valence-electron chi connectivity index (χ1n) is 8.92. The van der Waals surface area contributed by atoms with Crippen LogP contribution in [0, 0.1) is 0 Å². The van der Waals surface area contributed by atoms with Gasteiger partial charge in [-0.3, -0.25) is 4.79 Å². The van der Waals surface area contributed by atoms with Gasteiger partial charge in [-0.05, 0) is 36.5 Å². The maximum absolute atomic E-state index is 12.5. The summed E-state index contributed by atoms with van der Waals surface area (Å²) in [6.45, 7) is 1.67. The Hall–Kier alpha value is -1.45. The van der Waals surface area contributed by atoms with E-state index < -0.39 is 0 Å². The minimum Gasteiger partial charge on any atom is -0.342 e. The number of hydrogen-bond donors (Lipinski definition) is 0. The van der Waals surface area contributed by atoms with E-state index in [-0.39, 0.29) is 5.91 Å². The summed E-state index contributed by atoms with van der Waals surface area (Å²) < 4.78 is 0. The number of carbonyl (C=O) groups is 1. The lowest BCUT2D eigenvalue weighted by Gasteiger charge is -2.20. The number of hydrogen-bond acceptors (Lipinski definition) is 2. The van der Waals surface area contributed by atoms with Crippen LogP contribution < -0.4 is 0 Å². The molecule has 0 N–H and O–H groups in total. The van der Waals surface area contributed by atoms with E-state index >= 15 is 0 Å². The molecule has 0 aliphatic carbocycles. The van der Waals surface area contributed by atoms with E-state index in [9.17, 15) is 4.79 Å². The third kappa shape index (κ3) is 5.26. The van der Waals surface area contributed by atoms with E-state index in [0.29, 0.717) is 11.7 Å². The smallest absolute Gasteiger partial charge is 0.222 e. The van der Waals surface area contributed by atoms with Crippen molar-refractivity contribution in [2.75, 3.05) is 18.8 Å². The van der Waals surface area contributed by atoms with Gasteiger partial charge in [0.15, 0.2) is 0 Å². The largest absolute Gasteiger partial charge is 0.342 e. The van der Waals surface area contributed by atoms with E-state index in [1.54, 1.807) is 0 Å². The molecule has 1 fully saturated rings. The van der Waals surface area contributed by atoms with E-state index in [2.05, 4.69) is 30.3 Å². The predicted octanol–water partition coefficient (Wildman–Crippen LogP) is 5.37. The highest BCUT2D eigenvalue weighted by atomic mass is 35.5. The number of carbonyl (C=O) groups excluding carboxylic acids is 1. The van der Waals surface area contributed by atoms with Gasteiger partial charge in [0.1, 0.15) is 0 Å². The summed E-state index contributed by atoms with van der Waals surface area (Å²) in [7, 11) is 0. The molecule has 2 nitrogen and oxygen atoms in total. The molecular formula is C21H24ClNOS. The topological polar surface area (TPSA) is 20.3 Å². The van der Waals surface area contributed by atoms with Gasteiger partial charge in [0, 0.05) is 35.5 Å². The Morgan fingerprint density at radius 3 is 2.64 bits per heavy atom. The van der Waals surface area contributed by atoms with Crippen LogP contribution in [0.15, 0.2) is 54.6 Å². The summed E-state index contributed by atoms with van der Waals surface area (Å²) in [4.78, 5) is 14.6. The second kappa shape index (κ2) is 9.30. The average Bonchev–Trinajstić information content (AvgIpc) is 2.89. The van der Waals surface area contributed by atoms with Crippen molar-refractivity contribution in [3.8, 4) is 0 Å². The van der Waals surface area contributed by atoms with Crippen LogP contribution >= 0.6 is 23.4 Å². The van der Waals surface area contributed by atoms with Gasteiger partial charge in [0.05, 0.1) is 0 Å². The molecule has 0 saturated carbocycles. The molecule has 1 heterocycles. The maximum Gasteiger partial charge on any atom is 0.222 e. The normalized spacial score (nSPS) is 18.0. The van der Waals surface area contributed by atoms with Crippen LogP contribution in [-0.4, -0.2) is 29.6 Å². The molecule has 1 saturated heterocycles. The Kier molecular flexibility index (Phi) is 6.83. The van der Waals surface area contributed by atoms with Crippen molar-refractivity contribution in [3.63, 3.8) is 0 Å². The molecule has 1 amide bonds. The first-order valence-corrected chi connectivity index (χ1v) is 10.3. The molecule has 1 atom stereocenters. The quantitative estimate of drug-likeness (QED) is 0.702. The lowest BCUT2D eigenvalue weighted by atomic mass is 10.1. The molecule has 2 aromatic rings. The Balaban J connectivity index is 1.49. The van der Waals surface area contributed by atoms with Crippen LogP contribution in [0.1, 0.15) is 35.6 Å². The molecule has 1 unspecified atom stereocenters. The molecule has 4 heteroatoms. The monoisotopic (exact) mass is 373 g/mol. The SMILES string of the molecule is O=C(CCCc1ccccc1)N1CCSC(c2ccccc2Cl)CC1. The zero-order valence-corrected chi connectivity index (χ0v) is 15.9. The van der Waals surface area contributed by atoms with E-state index in [0.717, 1.165) is 43.1 Å². The number of aryl methyl sites for hydroxylation is 1. The average molecular weight is 374 g/mol. The van der Waals surface area contributed by atoms with Gasteiger partial charge in [-0.25, -0.2) is 0 Å². The highest BCUT2D eigenvalue weighted by Crippen LogP contribution is 2.37. The zero-order chi connectivity index (χ0) is 17.5. The van der Waals surface area contributed by atoms with E-state index in [1.807, 2.05) is 40.9 Å². The van der Waals surface area contributed by atoms with Gasteiger partial charge in [-0.1, -0.05) is 60.1 Å². The number of amides is 1. The Morgan fingerprint density at radius 2 is 1.84 bits per heavy atom. The van der Waals surface area contributed by atoms with Crippen LogP contribution in [0.25, 0.3) is 0 Å². The Labute approximate surface area is 159 Å². The van der Waals surface area contributed by atoms with Crippen LogP contribution in [-0.2, 0) is 11.2 Å². The van der Waals surface area contributed by atoms with Crippen molar-refractivity contribution in [1.82, 2.24) is 4.90 Å². The van der Waals surface area contributed by atoms with Gasteiger partial charge in [0.2, 0.25) is 5.91 Å². The maximum atomic E-state index is 12.5. The highest BCUT2D eigenvalue weighted by Gasteiger charge is 2.22. The van der Waals surface area contributed by atoms with Gasteiger partial charge in [-0.15, -0.1) is 0 Å². The summed E-state index contributed by atoms with van der Waals surface area (Å²) in [6.07, 6.45) is 3.49. The first kappa shape index (κ1) is 18.3. The second-order valence-electron chi connectivity index (χ2n) is 6.39. The molecule has 3 rings (SSSR count). The molecular weight excluding hydrogens is 350 g/mol. The fourth-order valence-electron chi connectivity index (χ4n) is 3.25. The molecule has 2 aromatic carbocycles. The molecule has 1 aliphatic heterocycles. The Morgan fingerprint density at radius 1 is 1.08 bits per heavy atom. The predicted molar refractivity (Wildman–Crippen MR) is 107 cm³/mol. The fourth-order valence-corrected chi connectivity index (χ4v) is 4.85. The minimum atomic E-state index is 0.288. The number of nitrogens with zero attached hydrogens (tertiary/aromatic N) is 1. The van der Waals surface area contributed by atoms with Crippen molar-refractivity contribution in [2.45, 2.75) is 30.9 Å². The van der Waals surface area contributed by atoms with Crippen molar-refractivity contribution in [2.24, 2.45) is 0 Å². The van der Waals surface area contributed by atoms with Crippen LogP contribution in [0.2, 0.25) is 5.02 Å². The van der Waals surface area contributed by atoms with Crippen LogP contribution in [0.3, 0.4) is 0 Å². The zero-order valence-electron chi connectivity index (χ0n) is 14.4. The molecule has 0 aromatic heterocycles. The molecule has 25 heavy (non-hydrogen) atoms. The van der Waals surface area contributed by atoms with Gasteiger partial charge in [0.25, 0.3) is 0 Å². The summed E-state index contributed by atoms with van der Waals surface area (Å²) in [5, 5.41) is 1.22. The molecule has 0 radical (unpaired) electrons. The number of rotatable bonds is 5. The van der Waals surface area contributed by atoms with Crippen molar-refractivity contribution < 1.29 is 4.79 Å². The van der Waals surface area contributed by atoms with E-state index in [1.165, 1.54) is 11.1 Å². The van der Waals surface area contributed by atoms with Gasteiger partial charge >= 0.3 is 0 Å². The summed E-state index contributed by atoms with van der Waals surface area (Å²) in [5.74, 6) is 1.26. The van der Waals surface area contributed by atoms with E-state index in [4.69, 9.17) is 11.6 Å². The summed E-state index contributed by atoms with van der Waals surface area (Å²) in [6, 6.07) is 18.5. The number of halogens is 1. The highest BCUT2D eigenvalue weighted by molar-refractivity contribution is 7.99. The number of thioether (sulfide) groups is 1. The molecule has 1 aliphatic rings. The van der Waals surface area contributed by atoms with Crippen LogP contribution in [0.4, 0.5) is 0 Å². The molecule has 0 bridgehead atoms. The molecule has 132 valence electrons. The Bertz CT molecular complexity index is 691. The van der Waals surface area contributed by atoms with Crippen molar-refractivity contribution in [3.05, 3.63) is 70.7 Å². The third-order valence-corrected chi connectivity index (χ3v) is 6.30. The lowest BCUT2D eigenvalue weighted by Crippen LogP contribution is -2.32. The second-order valence-corrected chi connectivity index (χ2v) is 8.11. The summed E-state index contributed by atoms with van der Waals surface area (Å²) in [5.41, 5.74) is 2.51. The standard InChI is InChI=1S/C21H24ClNOS/c22-19-11-5-4-10-18(19)20-13-14-23(15-16-25-20)21(24)12-6-9-17-7-2-1-3-8-17/h1-5,7-8,10-11,20H,6,9,12-16H2. The van der Waals surface area contributed by atoms with Crippen LogP contribution in [0.5, 0.6) is 0 Å². The first-order chi connectivity index (χ1) is 12.2. The van der Waals surface area contributed by atoms with Crippen molar-refractivity contribution in [1.29, 1.82) is 0 Å². The number of benzene rings is 2. The lowest BCUT2D eigenvalue weighted by molar-refractivity contribution is -0.131. The van der Waals surface area contributed by atoms with Crippen molar-refractivity contribution >= 4 is 29.3 Å². The molecule has 0 spiro atoms. The van der Waals surface area contributed by atoms with Gasteiger partial charge in [-0.2, -0.15) is 11.8 Å². The van der Waals surface area contributed by atoms with Gasteiger partial charge < -0.3 is 4.90 Å². The summed E-state index contributed by atoms with van der Waals surface area (Å²) >= 11 is 8.26.